The number of nitrogens with zero attached hydrogens (tertiary/aromatic N) is 1. The van der Waals surface area contributed by atoms with Gasteiger partial charge in [-0.1, -0.05) is 0 Å². The molecule has 0 spiro atoms. The second-order valence-electron chi connectivity index (χ2n) is 5.35. The van der Waals surface area contributed by atoms with E-state index in [-0.39, 0.29) is 4.90 Å². The van der Waals surface area contributed by atoms with Gasteiger partial charge in [0.2, 0.25) is 10.0 Å². The highest BCUT2D eigenvalue weighted by Gasteiger charge is 2.12. The van der Waals surface area contributed by atoms with Crippen LogP contribution < -0.4 is 16.0 Å². The fraction of sp³-hybridized carbons (Fsp3) is 0.571. The molecule has 0 heterocycles. The third-order valence-corrected chi connectivity index (χ3v) is 4.92. The minimum Gasteiger partial charge on any atom is -0.324 e. The summed E-state index contributed by atoms with van der Waals surface area (Å²) in [6.07, 6.45) is 1.78. The summed E-state index contributed by atoms with van der Waals surface area (Å²) in [5, 5.41) is 0. The van der Waals surface area contributed by atoms with Gasteiger partial charge in [-0.05, 0) is 64.5 Å². The molecule has 1 aromatic carbocycles. The lowest BCUT2D eigenvalue weighted by Gasteiger charge is -2.20. The zero-order chi connectivity index (χ0) is 15.9. The van der Waals surface area contributed by atoms with Gasteiger partial charge in [-0.3, -0.25) is 5.84 Å². The van der Waals surface area contributed by atoms with Crippen LogP contribution in [0.25, 0.3) is 0 Å². The van der Waals surface area contributed by atoms with Gasteiger partial charge < -0.3 is 10.3 Å². The zero-order valence-corrected chi connectivity index (χ0v) is 13.8. The summed E-state index contributed by atoms with van der Waals surface area (Å²) < 4.78 is 26.7. The third-order valence-electron chi connectivity index (χ3n) is 3.44. The van der Waals surface area contributed by atoms with Crippen molar-refractivity contribution in [2.75, 3.05) is 25.6 Å². The predicted octanol–water partition coefficient (Wildman–Crippen LogP) is 1.37. The summed E-state index contributed by atoms with van der Waals surface area (Å²) in [5.74, 6) is 5.25. The number of unbranched alkanes of at least 4 members (excludes halogenated alkanes) is 1. The van der Waals surface area contributed by atoms with Gasteiger partial charge >= 0.3 is 0 Å². The number of hydrogen-bond donors (Lipinski definition) is 3. The van der Waals surface area contributed by atoms with E-state index in [0.717, 1.165) is 19.4 Å². The van der Waals surface area contributed by atoms with Crippen LogP contribution >= 0.6 is 0 Å². The number of anilines is 1. The molecule has 7 heteroatoms. The van der Waals surface area contributed by atoms with Crippen molar-refractivity contribution in [1.29, 1.82) is 0 Å². The van der Waals surface area contributed by atoms with Crippen LogP contribution in [0, 0.1) is 0 Å². The number of nitrogens with one attached hydrogen (secondary N) is 2. The Kier molecular flexibility index (Phi) is 7.10. The Labute approximate surface area is 127 Å². The van der Waals surface area contributed by atoms with Gasteiger partial charge in [0.15, 0.2) is 0 Å². The number of nitrogens with two attached hydrogens (primary N) is 1. The third kappa shape index (κ3) is 6.01. The van der Waals surface area contributed by atoms with Crippen LogP contribution in [-0.2, 0) is 10.0 Å². The number of hydrazine groups is 1. The van der Waals surface area contributed by atoms with Crippen molar-refractivity contribution in [3.63, 3.8) is 0 Å². The molecular formula is C14H26N4O2S. The van der Waals surface area contributed by atoms with Crippen LogP contribution in [0.2, 0.25) is 0 Å². The SMILES string of the molecule is CC(C)N(C)CCCCNS(=O)(=O)c1ccc(NN)cc1. The molecule has 0 saturated heterocycles. The van der Waals surface area contributed by atoms with Crippen molar-refractivity contribution in [1.82, 2.24) is 9.62 Å². The van der Waals surface area contributed by atoms with Crippen LogP contribution in [0.1, 0.15) is 26.7 Å². The van der Waals surface area contributed by atoms with Gasteiger partial charge in [-0.25, -0.2) is 13.1 Å². The first-order valence-electron chi connectivity index (χ1n) is 7.13. The Balaban J connectivity index is 2.39. The lowest BCUT2D eigenvalue weighted by atomic mass is 10.2. The maximum atomic E-state index is 12.1. The van der Waals surface area contributed by atoms with Gasteiger partial charge in [-0.2, -0.15) is 0 Å². The van der Waals surface area contributed by atoms with Crippen molar-refractivity contribution in [2.45, 2.75) is 37.6 Å². The molecule has 120 valence electrons. The van der Waals surface area contributed by atoms with Crippen LogP contribution in [-0.4, -0.2) is 39.5 Å². The highest BCUT2D eigenvalue weighted by molar-refractivity contribution is 7.89. The number of rotatable bonds is 9. The number of hydrogen-bond acceptors (Lipinski definition) is 5. The first-order valence-corrected chi connectivity index (χ1v) is 8.61. The smallest absolute Gasteiger partial charge is 0.240 e. The molecule has 0 aliphatic heterocycles. The average molecular weight is 314 g/mol. The minimum atomic E-state index is -3.43. The Morgan fingerprint density at radius 1 is 1.19 bits per heavy atom. The monoisotopic (exact) mass is 314 g/mol. The van der Waals surface area contributed by atoms with Crippen LogP contribution in [0.15, 0.2) is 29.2 Å². The van der Waals surface area contributed by atoms with Crippen LogP contribution in [0.5, 0.6) is 0 Å². The van der Waals surface area contributed by atoms with Gasteiger partial charge in [-0.15, -0.1) is 0 Å². The van der Waals surface area contributed by atoms with Crippen LogP contribution in [0.3, 0.4) is 0 Å². The molecule has 1 rings (SSSR count). The van der Waals surface area contributed by atoms with Crippen molar-refractivity contribution in [3.8, 4) is 0 Å². The molecule has 0 atom stereocenters. The van der Waals surface area contributed by atoms with E-state index in [1.165, 1.54) is 12.1 Å². The lowest BCUT2D eigenvalue weighted by Crippen LogP contribution is -2.29. The molecule has 0 aromatic heterocycles. The second-order valence-corrected chi connectivity index (χ2v) is 7.11. The van der Waals surface area contributed by atoms with E-state index < -0.39 is 10.0 Å². The molecule has 0 bridgehead atoms. The molecule has 4 N–H and O–H groups in total. The van der Waals surface area contributed by atoms with Gasteiger partial charge in [0.05, 0.1) is 4.90 Å². The zero-order valence-electron chi connectivity index (χ0n) is 13.0. The molecular weight excluding hydrogens is 288 g/mol. The van der Waals surface area contributed by atoms with E-state index in [1.807, 2.05) is 0 Å². The van der Waals surface area contributed by atoms with Crippen molar-refractivity contribution < 1.29 is 8.42 Å². The molecule has 21 heavy (non-hydrogen) atoms. The summed E-state index contributed by atoms with van der Waals surface area (Å²) >= 11 is 0. The summed E-state index contributed by atoms with van der Waals surface area (Å²) in [5.41, 5.74) is 3.14. The quantitative estimate of drug-likeness (QED) is 0.364. The molecule has 0 aliphatic rings. The fourth-order valence-electron chi connectivity index (χ4n) is 1.76. The largest absolute Gasteiger partial charge is 0.324 e. The highest BCUT2D eigenvalue weighted by Crippen LogP contribution is 2.12. The van der Waals surface area contributed by atoms with Crippen molar-refractivity contribution >= 4 is 15.7 Å². The Morgan fingerprint density at radius 2 is 1.81 bits per heavy atom. The molecule has 1 aromatic rings. The van der Waals surface area contributed by atoms with E-state index in [0.29, 0.717) is 18.3 Å². The van der Waals surface area contributed by atoms with Crippen molar-refractivity contribution in [2.24, 2.45) is 5.84 Å². The number of sulfonamides is 1. The first-order chi connectivity index (χ1) is 9.86. The van der Waals surface area contributed by atoms with E-state index in [1.54, 1.807) is 12.1 Å². The first kappa shape index (κ1) is 17.9. The van der Waals surface area contributed by atoms with Crippen LogP contribution in [0.4, 0.5) is 5.69 Å². The highest BCUT2D eigenvalue weighted by atomic mass is 32.2. The molecule has 0 unspecified atom stereocenters. The topological polar surface area (TPSA) is 87.5 Å². The maximum absolute atomic E-state index is 12.1. The maximum Gasteiger partial charge on any atom is 0.240 e. The van der Waals surface area contributed by atoms with Gasteiger partial charge in [0.1, 0.15) is 0 Å². The number of benzene rings is 1. The fourth-order valence-corrected chi connectivity index (χ4v) is 2.84. The Bertz CT molecular complexity index is 514. The van der Waals surface area contributed by atoms with Gasteiger partial charge in [0, 0.05) is 18.3 Å². The summed E-state index contributed by atoms with van der Waals surface area (Å²) in [7, 11) is -1.36. The molecule has 0 amide bonds. The normalized spacial score (nSPS) is 12.1. The second kappa shape index (κ2) is 8.33. The number of nitrogen functional groups attached to an aromatic ring is 1. The molecule has 6 nitrogen and oxygen atoms in total. The Morgan fingerprint density at radius 3 is 2.33 bits per heavy atom. The van der Waals surface area contributed by atoms with Crippen molar-refractivity contribution in [3.05, 3.63) is 24.3 Å². The summed E-state index contributed by atoms with van der Waals surface area (Å²) in [6, 6.07) is 6.84. The molecule has 0 radical (unpaired) electrons. The standard InChI is InChI=1S/C14H26N4O2S/c1-12(2)18(3)11-5-4-10-16-21(19,20)14-8-6-13(17-15)7-9-14/h6-9,12,16-17H,4-5,10-11,15H2,1-3H3. The van der Waals surface area contributed by atoms with E-state index in [4.69, 9.17) is 5.84 Å². The van der Waals surface area contributed by atoms with E-state index >= 15 is 0 Å². The molecule has 0 fully saturated rings. The lowest BCUT2D eigenvalue weighted by molar-refractivity contribution is 0.268. The summed E-state index contributed by atoms with van der Waals surface area (Å²) in [4.78, 5) is 2.49. The predicted molar refractivity (Wildman–Crippen MR) is 86.4 cm³/mol. The Hall–Kier alpha value is -1.15. The average Bonchev–Trinajstić information content (AvgIpc) is 2.46. The van der Waals surface area contributed by atoms with E-state index in [2.05, 4.69) is 35.9 Å². The molecule has 0 saturated carbocycles. The summed E-state index contributed by atoms with van der Waals surface area (Å²) in [6.45, 7) is 5.70. The molecule has 0 aliphatic carbocycles. The van der Waals surface area contributed by atoms with E-state index in [9.17, 15) is 8.42 Å². The van der Waals surface area contributed by atoms with Gasteiger partial charge in [0.25, 0.3) is 0 Å². The minimum absolute atomic E-state index is 0.251.